The van der Waals surface area contributed by atoms with E-state index in [-0.39, 0.29) is 17.9 Å². The van der Waals surface area contributed by atoms with Crippen molar-refractivity contribution in [3.05, 3.63) is 40.5 Å². The fourth-order valence-electron chi connectivity index (χ4n) is 3.01. The lowest BCUT2D eigenvalue weighted by Crippen LogP contribution is -2.42. The molecule has 0 spiro atoms. The molecule has 8 heteroatoms. The lowest BCUT2D eigenvalue weighted by Gasteiger charge is -2.35. The standard InChI is InChI=1S/C18H16ClN3O3S/c1-2-24-14-6-13(15-7-21-18(19)26-15)22-12-4-3-9(5-10(12)14)16-11(8-25-16)17(20)23/h3-7,11,16H,2,8H2,1H3,(H2,20,23). The van der Waals surface area contributed by atoms with Crippen molar-refractivity contribution in [1.29, 1.82) is 0 Å². The predicted octanol–water partition coefficient (Wildman–Crippen LogP) is 3.58. The molecule has 0 aliphatic carbocycles. The number of carbonyl (C=O) groups is 1. The van der Waals surface area contributed by atoms with Gasteiger partial charge in [-0.3, -0.25) is 4.79 Å². The van der Waals surface area contributed by atoms with Gasteiger partial charge < -0.3 is 15.2 Å². The minimum absolute atomic E-state index is 0.297. The topological polar surface area (TPSA) is 87.3 Å². The van der Waals surface area contributed by atoms with Crippen LogP contribution in [0.2, 0.25) is 4.47 Å². The summed E-state index contributed by atoms with van der Waals surface area (Å²) in [6.07, 6.45) is 1.39. The highest BCUT2D eigenvalue weighted by atomic mass is 35.5. The van der Waals surface area contributed by atoms with Crippen LogP contribution in [-0.2, 0) is 9.53 Å². The SMILES string of the molecule is CCOc1cc(-c2cnc(Cl)s2)nc2ccc(C3OCC3C(N)=O)cc12. The zero-order chi connectivity index (χ0) is 18.3. The minimum Gasteiger partial charge on any atom is -0.493 e. The normalized spacial score (nSPS) is 19.3. The van der Waals surface area contributed by atoms with E-state index in [2.05, 4.69) is 4.98 Å². The van der Waals surface area contributed by atoms with Crippen LogP contribution in [0.15, 0.2) is 30.5 Å². The summed E-state index contributed by atoms with van der Waals surface area (Å²) < 4.78 is 11.8. The molecule has 4 rings (SSSR count). The molecule has 2 atom stereocenters. The number of carbonyl (C=O) groups excluding carboxylic acids is 1. The third-order valence-electron chi connectivity index (χ3n) is 4.34. The Morgan fingerprint density at radius 1 is 1.46 bits per heavy atom. The highest BCUT2D eigenvalue weighted by Crippen LogP contribution is 2.39. The minimum atomic E-state index is -0.345. The molecule has 1 fully saturated rings. The maximum atomic E-state index is 11.5. The molecule has 1 amide bonds. The fourth-order valence-corrected chi connectivity index (χ4v) is 3.91. The summed E-state index contributed by atoms with van der Waals surface area (Å²) in [5, 5.41) is 0.863. The van der Waals surface area contributed by atoms with E-state index in [1.54, 1.807) is 6.20 Å². The first-order valence-corrected chi connectivity index (χ1v) is 9.36. The van der Waals surface area contributed by atoms with Crippen LogP contribution in [0.25, 0.3) is 21.5 Å². The van der Waals surface area contributed by atoms with E-state index in [4.69, 9.17) is 31.8 Å². The summed E-state index contributed by atoms with van der Waals surface area (Å²) in [5.74, 6) is 0.0744. The number of nitrogens with two attached hydrogens (primary N) is 1. The van der Waals surface area contributed by atoms with Gasteiger partial charge in [0.15, 0.2) is 4.47 Å². The molecule has 0 saturated carbocycles. The van der Waals surface area contributed by atoms with Crippen LogP contribution in [0.5, 0.6) is 5.75 Å². The van der Waals surface area contributed by atoms with Gasteiger partial charge in [-0.2, -0.15) is 0 Å². The predicted molar refractivity (Wildman–Crippen MR) is 100 cm³/mol. The van der Waals surface area contributed by atoms with Crippen molar-refractivity contribution in [2.75, 3.05) is 13.2 Å². The van der Waals surface area contributed by atoms with Crippen LogP contribution in [0.3, 0.4) is 0 Å². The van der Waals surface area contributed by atoms with Gasteiger partial charge in [-0.1, -0.05) is 17.7 Å². The van der Waals surface area contributed by atoms with E-state index in [9.17, 15) is 4.79 Å². The molecule has 3 aromatic rings. The number of fused-ring (bicyclic) bond motifs is 1. The van der Waals surface area contributed by atoms with E-state index >= 15 is 0 Å². The summed E-state index contributed by atoms with van der Waals surface area (Å²) in [4.78, 5) is 21.1. The van der Waals surface area contributed by atoms with Gasteiger partial charge in [-0.25, -0.2) is 9.97 Å². The maximum absolute atomic E-state index is 11.5. The number of thiazole rings is 1. The van der Waals surface area contributed by atoms with Crippen molar-refractivity contribution in [2.24, 2.45) is 11.7 Å². The van der Waals surface area contributed by atoms with E-state index in [1.165, 1.54) is 11.3 Å². The molecule has 2 aromatic heterocycles. The zero-order valence-electron chi connectivity index (χ0n) is 13.9. The van der Waals surface area contributed by atoms with Crippen LogP contribution in [0, 0.1) is 5.92 Å². The molecule has 0 radical (unpaired) electrons. The molecule has 1 aromatic carbocycles. The lowest BCUT2D eigenvalue weighted by molar-refractivity contribution is -0.154. The molecule has 134 valence electrons. The highest BCUT2D eigenvalue weighted by molar-refractivity contribution is 7.18. The Morgan fingerprint density at radius 3 is 2.92 bits per heavy atom. The number of ether oxygens (including phenoxy) is 2. The van der Waals surface area contributed by atoms with E-state index < -0.39 is 0 Å². The van der Waals surface area contributed by atoms with E-state index in [1.807, 2.05) is 31.2 Å². The van der Waals surface area contributed by atoms with Crippen LogP contribution in [-0.4, -0.2) is 29.1 Å². The Balaban J connectivity index is 1.79. The average Bonchev–Trinajstić information content (AvgIpc) is 3.00. The molecular weight excluding hydrogens is 374 g/mol. The second-order valence-corrected chi connectivity index (χ2v) is 7.57. The number of benzene rings is 1. The maximum Gasteiger partial charge on any atom is 0.225 e. The zero-order valence-corrected chi connectivity index (χ0v) is 15.5. The Bertz CT molecular complexity index is 991. The van der Waals surface area contributed by atoms with Gasteiger partial charge in [-0.15, -0.1) is 11.3 Å². The average molecular weight is 390 g/mol. The summed E-state index contributed by atoms with van der Waals surface area (Å²) in [5.41, 5.74) is 7.87. The van der Waals surface area contributed by atoms with E-state index in [0.29, 0.717) is 23.4 Å². The first-order valence-electron chi connectivity index (χ1n) is 8.17. The molecule has 1 aliphatic rings. The third kappa shape index (κ3) is 3.02. The Kier molecular flexibility index (Phi) is 4.52. The number of rotatable bonds is 5. The third-order valence-corrected chi connectivity index (χ3v) is 5.48. The van der Waals surface area contributed by atoms with Gasteiger partial charge in [0.2, 0.25) is 5.91 Å². The molecule has 2 unspecified atom stereocenters. The van der Waals surface area contributed by atoms with E-state index in [0.717, 1.165) is 27.0 Å². The molecule has 26 heavy (non-hydrogen) atoms. The number of aromatic nitrogens is 2. The number of pyridine rings is 1. The summed E-state index contributed by atoms with van der Waals surface area (Å²) >= 11 is 7.31. The van der Waals surface area contributed by atoms with Crippen LogP contribution >= 0.6 is 22.9 Å². The molecule has 1 aliphatic heterocycles. The van der Waals surface area contributed by atoms with Gasteiger partial charge in [0.1, 0.15) is 5.75 Å². The van der Waals surface area contributed by atoms with Crippen molar-refractivity contribution in [3.63, 3.8) is 0 Å². The first kappa shape index (κ1) is 17.2. The Morgan fingerprint density at radius 2 is 2.31 bits per heavy atom. The smallest absolute Gasteiger partial charge is 0.225 e. The number of primary amides is 1. The summed E-state index contributed by atoms with van der Waals surface area (Å²) in [6, 6.07) is 7.65. The molecule has 2 N–H and O–H groups in total. The largest absolute Gasteiger partial charge is 0.493 e. The van der Waals surface area contributed by atoms with Gasteiger partial charge in [0.25, 0.3) is 0 Å². The van der Waals surface area contributed by atoms with Gasteiger partial charge in [0, 0.05) is 17.6 Å². The van der Waals surface area contributed by atoms with Crippen molar-refractivity contribution in [3.8, 4) is 16.3 Å². The van der Waals surface area contributed by atoms with Crippen LogP contribution in [0.1, 0.15) is 18.6 Å². The van der Waals surface area contributed by atoms with Gasteiger partial charge in [-0.05, 0) is 24.6 Å². The van der Waals surface area contributed by atoms with Gasteiger partial charge >= 0.3 is 0 Å². The Labute approximate surface area is 158 Å². The summed E-state index contributed by atoms with van der Waals surface area (Å²) in [7, 11) is 0. The second kappa shape index (κ2) is 6.83. The molecule has 6 nitrogen and oxygen atoms in total. The fraction of sp³-hybridized carbons (Fsp3) is 0.278. The molecule has 3 heterocycles. The number of hydrogen-bond acceptors (Lipinski definition) is 6. The van der Waals surface area contributed by atoms with Crippen LogP contribution < -0.4 is 10.5 Å². The lowest BCUT2D eigenvalue weighted by atomic mass is 9.90. The Hall–Kier alpha value is -2.22. The molecule has 0 bridgehead atoms. The van der Waals surface area contributed by atoms with Crippen LogP contribution in [0.4, 0.5) is 0 Å². The number of halogens is 1. The molecule has 1 saturated heterocycles. The number of amides is 1. The van der Waals surface area contributed by atoms with Crippen molar-refractivity contribution in [1.82, 2.24) is 9.97 Å². The second-order valence-electron chi connectivity index (χ2n) is 5.96. The molecular formula is C18H16ClN3O3S. The monoisotopic (exact) mass is 389 g/mol. The van der Waals surface area contributed by atoms with Crippen molar-refractivity contribution < 1.29 is 14.3 Å². The van der Waals surface area contributed by atoms with Gasteiger partial charge in [0.05, 0.1) is 41.3 Å². The van der Waals surface area contributed by atoms with Crippen molar-refractivity contribution >= 4 is 39.7 Å². The highest BCUT2D eigenvalue weighted by Gasteiger charge is 2.37. The quantitative estimate of drug-likeness (QED) is 0.720. The summed E-state index contributed by atoms with van der Waals surface area (Å²) in [6.45, 7) is 2.81. The number of hydrogen-bond donors (Lipinski definition) is 1. The number of nitrogens with zero attached hydrogens (tertiary/aromatic N) is 2. The van der Waals surface area contributed by atoms with Crippen molar-refractivity contribution in [2.45, 2.75) is 13.0 Å². The first-order chi connectivity index (χ1) is 12.6.